The van der Waals surface area contributed by atoms with E-state index >= 15 is 0 Å². The molecule has 2 rings (SSSR count). The fourth-order valence-corrected chi connectivity index (χ4v) is 5.26. The number of hydrogen-bond acceptors (Lipinski definition) is 13. The SMILES string of the molecule is CC(C)(C)OC(=O)CN1CCN(CC(=O)Nc2ccc([N+](=O)[O-])cc2C(F)(F)F)CCN(CC(=O)OC(C)(C)C)CCN(CC(=O)OC(C)(C)C)CC1. The van der Waals surface area contributed by atoms with E-state index in [0.717, 1.165) is 12.1 Å². The summed E-state index contributed by atoms with van der Waals surface area (Å²) in [5.74, 6) is -2.24. The molecule has 0 aromatic heterocycles. The van der Waals surface area contributed by atoms with Gasteiger partial charge in [0.15, 0.2) is 0 Å². The fourth-order valence-electron chi connectivity index (χ4n) is 5.26. The van der Waals surface area contributed by atoms with Gasteiger partial charge in [0.25, 0.3) is 5.69 Å². The van der Waals surface area contributed by atoms with Crippen LogP contribution < -0.4 is 5.32 Å². The molecule has 1 aromatic carbocycles. The number of anilines is 1. The molecule has 300 valence electrons. The molecule has 1 saturated heterocycles. The molecule has 0 aliphatic carbocycles. The van der Waals surface area contributed by atoms with Crippen molar-refractivity contribution in [3.63, 3.8) is 0 Å². The third kappa shape index (κ3) is 18.6. The number of nitro benzene ring substituents is 1. The lowest BCUT2D eigenvalue weighted by atomic mass is 10.1. The molecule has 0 radical (unpaired) electrons. The number of ether oxygens (including phenoxy) is 3. The highest BCUT2D eigenvalue weighted by Gasteiger charge is 2.36. The number of carbonyl (C=O) groups is 4. The number of halogens is 3. The molecule has 1 heterocycles. The quantitative estimate of drug-likeness (QED) is 0.159. The van der Waals surface area contributed by atoms with E-state index in [1.807, 2.05) is 4.90 Å². The summed E-state index contributed by atoms with van der Waals surface area (Å²) in [5.41, 5.74) is -4.99. The van der Waals surface area contributed by atoms with E-state index in [9.17, 15) is 42.5 Å². The average Bonchev–Trinajstić information content (AvgIpc) is 2.95. The van der Waals surface area contributed by atoms with Crippen LogP contribution >= 0.6 is 0 Å². The summed E-state index contributed by atoms with van der Waals surface area (Å²) >= 11 is 0. The number of nitro groups is 1. The summed E-state index contributed by atoms with van der Waals surface area (Å²) in [6, 6.07) is 2.07. The molecular weight excluding hydrogens is 705 g/mol. The monoisotopic (exact) mass is 760 g/mol. The van der Waals surface area contributed by atoms with Gasteiger partial charge in [-0.3, -0.25) is 48.9 Å². The lowest BCUT2D eigenvalue weighted by molar-refractivity contribution is -0.385. The van der Waals surface area contributed by atoms with Gasteiger partial charge in [-0.05, 0) is 68.4 Å². The van der Waals surface area contributed by atoms with Gasteiger partial charge in [0.05, 0.1) is 42.4 Å². The second-order valence-electron chi connectivity index (χ2n) is 15.9. The third-order valence-corrected chi connectivity index (χ3v) is 7.41. The molecule has 0 atom stereocenters. The Morgan fingerprint density at radius 3 is 1.25 bits per heavy atom. The van der Waals surface area contributed by atoms with Crippen LogP contribution in [0.1, 0.15) is 67.9 Å². The molecule has 0 spiro atoms. The molecule has 1 amide bonds. The van der Waals surface area contributed by atoms with Crippen molar-refractivity contribution in [1.82, 2.24) is 19.6 Å². The first kappa shape index (κ1) is 45.3. The molecule has 0 unspecified atom stereocenters. The zero-order valence-corrected chi connectivity index (χ0v) is 32.3. The van der Waals surface area contributed by atoms with Gasteiger partial charge < -0.3 is 19.5 Å². The van der Waals surface area contributed by atoms with E-state index < -0.39 is 68.7 Å². The van der Waals surface area contributed by atoms with Crippen LogP contribution in [0.3, 0.4) is 0 Å². The Morgan fingerprint density at radius 1 is 0.642 bits per heavy atom. The molecule has 0 bridgehead atoms. The highest BCUT2D eigenvalue weighted by Crippen LogP contribution is 2.37. The average molecular weight is 761 g/mol. The maximum absolute atomic E-state index is 13.8. The second kappa shape index (κ2) is 18.9. The normalized spacial score (nSPS) is 16.9. The van der Waals surface area contributed by atoms with Crippen LogP contribution in [-0.4, -0.2) is 144 Å². The maximum atomic E-state index is 13.8. The number of nitrogens with one attached hydrogen (secondary N) is 1. The summed E-state index contributed by atoms with van der Waals surface area (Å²) < 4.78 is 58.1. The Balaban J connectivity index is 2.39. The zero-order chi connectivity index (χ0) is 40.4. The molecule has 1 aliphatic heterocycles. The minimum Gasteiger partial charge on any atom is -0.459 e. The van der Waals surface area contributed by atoms with Gasteiger partial charge in [0.2, 0.25) is 5.91 Å². The summed E-state index contributed by atoms with van der Waals surface area (Å²) in [4.78, 5) is 69.2. The predicted molar refractivity (Wildman–Crippen MR) is 190 cm³/mol. The molecule has 18 heteroatoms. The van der Waals surface area contributed by atoms with Gasteiger partial charge in [-0.2, -0.15) is 13.2 Å². The number of hydrogen-bond donors (Lipinski definition) is 1. The van der Waals surface area contributed by atoms with Gasteiger partial charge in [0.1, 0.15) is 16.8 Å². The Bertz CT molecular complexity index is 1390. The van der Waals surface area contributed by atoms with Gasteiger partial charge in [0, 0.05) is 64.5 Å². The van der Waals surface area contributed by atoms with Crippen molar-refractivity contribution < 1.29 is 51.5 Å². The largest absolute Gasteiger partial charge is 0.459 e. The van der Waals surface area contributed by atoms with Crippen molar-refractivity contribution in [2.75, 3.05) is 83.9 Å². The zero-order valence-electron chi connectivity index (χ0n) is 32.3. The number of non-ortho nitro benzene ring substituents is 1. The van der Waals surface area contributed by atoms with E-state index in [2.05, 4.69) is 5.32 Å². The maximum Gasteiger partial charge on any atom is 0.418 e. The number of benzene rings is 1. The number of alkyl halides is 3. The van der Waals surface area contributed by atoms with Crippen molar-refractivity contribution in [2.24, 2.45) is 0 Å². The van der Waals surface area contributed by atoms with Crippen LogP contribution in [0.25, 0.3) is 0 Å². The standard InChI is InChI=1S/C35H55F3N6O9/c1-32(2,3)51-29(46)22-41-14-12-40(21-28(45)39-27-11-10-25(44(49)50)20-26(27)35(36,37)38)13-15-42(23-30(47)52-33(4,5)6)17-19-43(18-16-41)24-31(48)53-34(7,8)9/h10-11,20H,12-19,21-24H2,1-9H3,(H,39,45). The van der Waals surface area contributed by atoms with Gasteiger partial charge in [-0.1, -0.05) is 0 Å². The third-order valence-electron chi connectivity index (χ3n) is 7.41. The van der Waals surface area contributed by atoms with E-state index in [-0.39, 0.29) is 52.4 Å². The first-order valence-electron chi connectivity index (χ1n) is 17.4. The fraction of sp³-hybridized carbons (Fsp3) is 0.714. The van der Waals surface area contributed by atoms with Gasteiger partial charge in [-0.25, -0.2) is 0 Å². The molecule has 0 saturated carbocycles. The van der Waals surface area contributed by atoms with Gasteiger partial charge >= 0.3 is 24.1 Å². The molecule has 1 fully saturated rings. The predicted octanol–water partition coefficient (Wildman–Crippen LogP) is 3.80. The van der Waals surface area contributed by atoms with E-state index in [0.29, 0.717) is 32.2 Å². The molecule has 1 N–H and O–H groups in total. The van der Waals surface area contributed by atoms with Crippen molar-refractivity contribution >= 4 is 35.2 Å². The van der Waals surface area contributed by atoms with Crippen molar-refractivity contribution in [3.8, 4) is 0 Å². The first-order chi connectivity index (χ1) is 24.2. The van der Waals surface area contributed by atoms with Crippen LogP contribution in [0.15, 0.2) is 18.2 Å². The van der Waals surface area contributed by atoms with Crippen molar-refractivity contribution in [3.05, 3.63) is 33.9 Å². The van der Waals surface area contributed by atoms with Crippen LogP contribution in [0.5, 0.6) is 0 Å². The van der Waals surface area contributed by atoms with Crippen LogP contribution in [0, 0.1) is 10.1 Å². The number of rotatable bonds is 10. The summed E-state index contributed by atoms with van der Waals surface area (Å²) in [6.07, 6.45) is -4.98. The molecule has 15 nitrogen and oxygen atoms in total. The lowest BCUT2D eigenvalue weighted by Crippen LogP contribution is -2.50. The number of carbonyl (C=O) groups excluding carboxylic acids is 4. The minimum absolute atomic E-state index is 0.0489. The van der Waals surface area contributed by atoms with Crippen LogP contribution in [0.4, 0.5) is 24.5 Å². The Morgan fingerprint density at radius 2 is 0.962 bits per heavy atom. The number of esters is 3. The minimum atomic E-state index is -4.98. The summed E-state index contributed by atoms with van der Waals surface area (Å²) in [7, 11) is 0. The highest BCUT2D eigenvalue weighted by molar-refractivity contribution is 5.93. The summed E-state index contributed by atoms with van der Waals surface area (Å²) in [6.45, 7) is 17.1. The number of nitrogens with zero attached hydrogens (tertiary/aromatic N) is 5. The second-order valence-corrected chi connectivity index (χ2v) is 15.9. The van der Waals surface area contributed by atoms with Crippen molar-refractivity contribution in [1.29, 1.82) is 0 Å². The van der Waals surface area contributed by atoms with Crippen molar-refractivity contribution in [2.45, 2.75) is 85.3 Å². The molecule has 1 aliphatic rings. The molecular formula is C35H55F3N6O9. The molecule has 53 heavy (non-hydrogen) atoms. The highest BCUT2D eigenvalue weighted by atomic mass is 19.4. The number of amides is 1. The van der Waals surface area contributed by atoms with Gasteiger partial charge in [-0.15, -0.1) is 0 Å². The van der Waals surface area contributed by atoms with E-state index in [4.69, 9.17) is 14.2 Å². The smallest absolute Gasteiger partial charge is 0.418 e. The Kier molecular flexibility index (Phi) is 16.2. The van der Waals surface area contributed by atoms with E-state index in [1.54, 1.807) is 77.0 Å². The topological polar surface area (TPSA) is 164 Å². The first-order valence-corrected chi connectivity index (χ1v) is 17.4. The lowest BCUT2D eigenvalue weighted by Gasteiger charge is -2.34. The van der Waals surface area contributed by atoms with Crippen LogP contribution in [0.2, 0.25) is 0 Å². The van der Waals surface area contributed by atoms with E-state index in [1.165, 1.54) is 0 Å². The molecule has 1 aromatic rings. The Labute approximate surface area is 309 Å². The Hall–Kier alpha value is -3.87. The van der Waals surface area contributed by atoms with Crippen LogP contribution in [-0.2, 0) is 39.6 Å². The summed E-state index contributed by atoms with van der Waals surface area (Å²) in [5, 5.41) is 13.4.